The third kappa shape index (κ3) is 4.58. The molecule has 0 aliphatic carbocycles. The molecule has 0 unspecified atom stereocenters. The van der Waals surface area contributed by atoms with Gasteiger partial charge >= 0.3 is 5.97 Å². The molecule has 4 nitrogen and oxygen atoms in total. The largest absolute Gasteiger partial charge is 0.466 e. The first-order valence-corrected chi connectivity index (χ1v) is 8.10. The zero-order valence-corrected chi connectivity index (χ0v) is 13.5. The lowest BCUT2D eigenvalue weighted by Crippen LogP contribution is -2.40. The highest BCUT2D eigenvalue weighted by Crippen LogP contribution is 2.19. The van der Waals surface area contributed by atoms with E-state index in [4.69, 9.17) is 4.74 Å². The fourth-order valence-corrected chi connectivity index (χ4v) is 2.79. The van der Waals surface area contributed by atoms with Crippen LogP contribution >= 0.6 is 0 Å². The summed E-state index contributed by atoms with van der Waals surface area (Å²) in [5.41, 5.74) is 2.43. The van der Waals surface area contributed by atoms with Crippen molar-refractivity contribution < 1.29 is 14.3 Å². The smallest absolute Gasteiger partial charge is 0.309 e. The monoisotopic (exact) mass is 303 g/mol. The number of carbonyl (C=O) groups excluding carboxylic acids is 2. The van der Waals surface area contributed by atoms with Crippen LogP contribution in [0.25, 0.3) is 0 Å². The summed E-state index contributed by atoms with van der Waals surface area (Å²) in [4.78, 5) is 25.8. The molecular weight excluding hydrogens is 278 g/mol. The van der Waals surface area contributed by atoms with E-state index in [1.54, 1.807) is 0 Å². The minimum absolute atomic E-state index is 0.0406. The van der Waals surface area contributed by atoms with Crippen LogP contribution in [-0.2, 0) is 20.7 Å². The number of benzene rings is 1. The van der Waals surface area contributed by atoms with Crippen LogP contribution < -0.4 is 0 Å². The van der Waals surface area contributed by atoms with Crippen molar-refractivity contribution in [3.8, 4) is 0 Å². The summed E-state index contributed by atoms with van der Waals surface area (Å²) in [5.74, 6) is 0.0261. The van der Waals surface area contributed by atoms with Crippen molar-refractivity contribution in [2.24, 2.45) is 5.92 Å². The number of hydrogen-bond donors (Lipinski definition) is 0. The van der Waals surface area contributed by atoms with Gasteiger partial charge in [-0.25, -0.2) is 0 Å². The summed E-state index contributed by atoms with van der Waals surface area (Å²) < 4.78 is 5.05. The maximum atomic E-state index is 12.3. The van der Waals surface area contributed by atoms with E-state index in [-0.39, 0.29) is 17.8 Å². The Bertz CT molecular complexity index is 502. The van der Waals surface area contributed by atoms with Gasteiger partial charge in [-0.15, -0.1) is 0 Å². The van der Waals surface area contributed by atoms with Gasteiger partial charge in [-0.2, -0.15) is 0 Å². The molecule has 0 spiro atoms. The van der Waals surface area contributed by atoms with Gasteiger partial charge in [0.25, 0.3) is 0 Å². The number of esters is 1. The third-order valence-corrected chi connectivity index (χ3v) is 4.22. The fraction of sp³-hybridized carbons (Fsp3) is 0.556. The molecule has 1 heterocycles. The quantitative estimate of drug-likeness (QED) is 0.786. The lowest BCUT2D eigenvalue weighted by Gasteiger charge is -2.31. The van der Waals surface area contributed by atoms with E-state index in [9.17, 15) is 9.59 Å². The molecular formula is C18H25NO3. The van der Waals surface area contributed by atoms with E-state index in [0.717, 1.165) is 19.3 Å². The first-order chi connectivity index (χ1) is 10.6. The van der Waals surface area contributed by atoms with Gasteiger partial charge in [0.2, 0.25) is 5.91 Å². The molecule has 0 atom stereocenters. The molecule has 1 fully saturated rings. The van der Waals surface area contributed by atoms with Crippen LogP contribution in [0.2, 0.25) is 0 Å². The van der Waals surface area contributed by atoms with Crippen LogP contribution in [0.3, 0.4) is 0 Å². The van der Waals surface area contributed by atoms with Crippen LogP contribution in [0.1, 0.15) is 37.3 Å². The van der Waals surface area contributed by atoms with Crippen molar-refractivity contribution in [1.82, 2.24) is 4.90 Å². The number of amides is 1. The molecule has 120 valence electrons. The van der Waals surface area contributed by atoms with Crippen LogP contribution in [0.5, 0.6) is 0 Å². The highest BCUT2D eigenvalue weighted by molar-refractivity contribution is 5.77. The molecule has 1 saturated heterocycles. The number of rotatable bonds is 5. The first kappa shape index (κ1) is 16.5. The Hall–Kier alpha value is -1.84. The Morgan fingerprint density at radius 3 is 2.41 bits per heavy atom. The number of piperidine rings is 1. The minimum Gasteiger partial charge on any atom is -0.466 e. The number of aryl methyl sites for hydroxylation is 2. The number of ether oxygens (including phenoxy) is 1. The van der Waals surface area contributed by atoms with Crippen LogP contribution in [0, 0.1) is 12.8 Å². The zero-order chi connectivity index (χ0) is 15.9. The topological polar surface area (TPSA) is 46.6 Å². The van der Waals surface area contributed by atoms with Crippen molar-refractivity contribution in [3.63, 3.8) is 0 Å². The highest BCUT2D eigenvalue weighted by Gasteiger charge is 2.27. The Morgan fingerprint density at radius 2 is 1.82 bits per heavy atom. The molecule has 0 radical (unpaired) electrons. The molecule has 1 aromatic carbocycles. The maximum absolute atomic E-state index is 12.3. The van der Waals surface area contributed by atoms with Crippen LogP contribution in [-0.4, -0.2) is 36.5 Å². The molecule has 0 aromatic heterocycles. The van der Waals surface area contributed by atoms with Gasteiger partial charge in [0.05, 0.1) is 12.5 Å². The molecule has 1 amide bonds. The zero-order valence-electron chi connectivity index (χ0n) is 13.5. The van der Waals surface area contributed by atoms with E-state index < -0.39 is 0 Å². The van der Waals surface area contributed by atoms with Gasteiger partial charge in [-0.05, 0) is 38.7 Å². The van der Waals surface area contributed by atoms with E-state index in [1.165, 1.54) is 11.1 Å². The van der Waals surface area contributed by atoms with Gasteiger partial charge in [0.1, 0.15) is 0 Å². The van der Waals surface area contributed by atoms with Crippen LogP contribution in [0.15, 0.2) is 24.3 Å². The fourth-order valence-electron chi connectivity index (χ4n) is 2.79. The van der Waals surface area contributed by atoms with E-state index in [0.29, 0.717) is 26.1 Å². The van der Waals surface area contributed by atoms with Crippen LogP contribution in [0.4, 0.5) is 0 Å². The number of hydrogen-bond acceptors (Lipinski definition) is 3. The van der Waals surface area contributed by atoms with Gasteiger partial charge in [0.15, 0.2) is 0 Å². The van der Waals surface area contributed by atoms with Gasteiger partial charge in [0, 0.05) is 19.5 Å². The molecule has 0 bridgehead atoms. The molecule has 1 aromatic rings. The summed E-state index contributed by atoms with van der Waals surface area (Å²) in [6.07, 6.45) is 2.74. The number of nitrogens with zero attached hydrogens (tertiary/aromatic N) is 1. The van der Waals surface area contributed by atoms with Gasteiger partial charge < -0.3 is 9.64 Å². The molecule has 22 heavy (non-hydrogen) atoms. The Balaban J connectivity index is 1.75. The standard InChI is InChI=1S/C18H25NO3/c1-3-22-18(21)16-10-12-19(13-11-16)17(20)9-8-15-6-4-14(2)5-7-15/h4-7,16H,3,8-13H2,1-2H3. The average Bonchev–Trinajstić information content (AvgIpc) is 2.54. The average molecular weight is 303 g/mol. The second-order valence-corrected chi connectivity index (χ2v) is 5.89. The Labute approximate surface area is 132 Å². The Kier molecular flexibility index (Phi) is 5.99. The second-order valence-electron chi connectivity index (χ2n) is 5.89. The maximum Gasteiger partial charge on any atom is 0.309 e. The van der Waals surface area contributed by atoms with Crippen molar-refractivity contribution in [3.05, 3.63) is 35.4 Å². The lowest BCUT2D eigenvalue weighted by atomic mass is 9.96. The summed E-state index contributed by atoms with van der Waals surface area (Å²) in [7, 11) is 0. The molecule has 0 N–H and O–H groups in total. The minimum atomic E-state index is -0.116. The third-order valence-electron chi connectivity index (χ3n) is 4.22. The van der Waals surface area contributed by atoms with Crippen molar-refractivity contribution in [2.45, 2.75) is 39.5 Å². The molecule has 1 aliphatic rings. The summed E-state index contributed by atoms with van der Waals surface area (Å²) >= 11 is 0. The normalized spacial score (nSPS) is 15.6. The Morgan fingerprint density at radius 1 is 1.18 bits per heavy atom. The lowest BCUT2D eigenvalue weighted by molar-refractivity contribution is -0.151. The molecule has 0 saturated carbocycles. The summed E-state index contributed by atoms with van der Waals surface area (Å²) in [6.45, 7) is 5.63. The second kappa shape index (κ2) is 7.97. The van der Waals surface area contributed by atoms with Crippen molar-refractivity contribution in [1.29, 1.82) is 0 Å². The van der Waals surface area contributed by atoms with E-state index in [2.05, 4.69) is 31.2 Å². The van der Waals surface area contributed by atoms with E-state index >= 15 is 0 Å². The SMILES string of the molecule is CCOC(=O)C1CCN(C(=O)CCc2ccc(C)cc2)CC1. The molecule has 1 aliphatic heterocycles. The predicted molar refractivity (Wildman–Crippen MR) is 85.4 cm³/mol. The highest BCUT2D eigenvalue weighted by atomic mass is 16.5. The number of likely N-dealkylation sites (tertiary alicyclic amines) is 1. The number of carbonyl (C=O) groups is 2. The summed E-state index contributed by atoms with van der Waals surface area (Å²) in [5, 5.41) is 0. The molecule has 2 rings (SSSR count). The van der Waals surface area contributed by atoms with E-state index in [1.807, 2.05) is 11.8 Å². The first-order valence-electron chi connectivity index (χ1n) is 8.10. The van der Waals surface area contributed by atoms with Crippen molar-refractivity contribution >= 4 is 11.9 Å². The van der Waals surface area contributed by atoms with Crippen molar-refractivity contribution in [2.75, 3.05) is 19.7 Å². The molecule has 4 heteroatoms. The van der Waals surface area contributed by atoms with Gasteiger partial charge in [-0.1, -0.05) is 29.8 Å². The van der Waals surface area contributed by atoms with Gasteiger partial charge in [-0.3, -0.25) is 9.59 Å². The predicted octanol–water partition coefficient (Wildman–Crippen LogP) is 2.73. The summed E-state index contributed by atoms with van der Waals surface area (Å²) in [6, 6.07) is 8.31.